The number of fused-ring (bicyclic) bond motifs is 1. The SMILES string of the molecule is COc1cc2nc(N(CCN(C)C)C(=O)c3ccc(N4C(=O)CCC4=O)cc3)sc2cc1OC.Cl. The molecule has 1 aliphatic heterocycles. The Morgan fingerprint density at radius 1 is 1.00 bits per heavy atom. The van der Waals surface area contributed by atoms with Gasteiger partial charge in [-0.3, -0.25) is 24.2 Å². The third-order valence-electron chi connectivity index (χ3n) is 5.55. The second-order valence-electron chi connectivity index (χ2n) is 8.10. The predicted octanol–water partition coefficient (Wildman–Crippen LogP) is 3.60. The fourth-order valence-corrected chi connectivity index (χ4v) is 4.72. The van der Waals surface area contributed by atoms with E-state index < -0.39 is 0 Å². The van der Waals surface area contributed by atoms with Crippen molar-refractivity contribution in [3.05, 3.63) is 42.0 Å². The van der Waals surface area contributed by atoms with Crippen molar-refractivity contribution in [2.75, 3.05) is 51.2 Å². The van der Waals surface area contributed by atoms with E-state index in [0.717, 1.165) is 4.70 Å². The Morgan fingerprint density at radius 2 is 1.60 bits per heavy atom. The predicted molar refractivity (Wildman–Crippen MR) is 138 cm³/mol. The zero-order chi connectivity index (χ0) is 24.4. The Labute approximate surface area is 213 Å². The highest BCUT2D eigenvalue weighted by molar-refractivity contribution is 7.22. The Morgan fingerprint density at radius 3 is 2.17 bits per heavy atom. The number of nitrogens with zero attached hydrogens (tertiary/aromatic N) is 4. The van der Waals surface area contributed by atoms with Gasteiger partial charge in [0.25, 0.3) is 5.91 Å². The molecule has 0 aliphatic carbocycles. The minimum atomic E-state index is -0.225. The molecule has 186 valence electrons. The Balaban J connectivity index is 0.00000342. The molecule has 3 aromatic rings. The highest BCUT2D eigenvalue weighted by Gasteiger charge is 2.30. The molecule has 0 saturated carbocycles. The number of methoxy groups -OCH3 is 2. The van der Waals surface area contributed by atoms with Crippen LogP contribution in [0.15, 0.2) is 36.4 Å². The van der Waals surface area contributed by atoms with Gasteiger partial charge in [0, 0.05) is 43.6 Å². The summed E-state index contributed by atoms with van der Waals surface area (Å²) in [6, 6.07) is 10.2. The normalized spacial score (nSPS) is 13.3. The first kappa shape index (κ1) is 26.4. The van der Waals surface area contributed by atoms with Gasteiger partial charge in [-0.25, -0.2) is 4.98 Å². The number of hydrogen-bond donors (Lipinski definition) is 0. The fraction of sp³-hybridized carbons (Fsp3) is 0.333. The molecule has 1 aliphatic rings. The number of amides is 3. The lowest BCUT2D eigenvalue weighted by atomic mass is 10.1. The number of rotatable bonds is 8. The quantitative estimate of drug-likeness (QED) is 0.421. The zero-order valence-corrected chi connectivity index (χ0v) is 21.6. The van der Waals surface area contributed by atoms with Crippen molar-refractivity contribution >= 4 is 62.5 Å². The van der Waals surface area contributed by atoms with E-state index >= 15 is 0 Å². The number of carbonyl (C=O) groups excluding carboxylic acids is 3. The molecule has 2 heterocycles. The molecule has 35 heavy (non-hydrogen) atoms. The number of carbonyl (C=O) groups is 3. The van der Waals surface area contributed by atoms with Crippen LogP contribution >= 0.6 is 23.7 Å². The Bertz CT molecular complexity index is 1190. The summed E-state index contributed by atoms with van der Waals surface area (Å²) in [4.78, 5) is 47.1. The van der Waals surface area contributed by atoms with E-state index in [0.29, 0.717) is 46.5 Å². The number of benzene rings is 2. The number of ether oxygens (including phenoxy) is 2. The maximum absolute atomic E-state index is 13.5. The van der Waals surface area contributed by atoms with Crippen LogP contribution in [0.3, 0.4) is 0 Å². The van der Waals surface area contributed by atoms with Crippen molar-refractivity contribution in [2.45, 2.75) is 12.8 Å². The molecule has 9 nitrogen and oxygen atoms in total. The van der Waals surface area contributed by atoms with Gasteiger partial charge in [0.15, 0.2) is 16.6 Å². The lowest BCUT2D eigenvalue weighted by molar-refractivity contribution is -0.121. The molecule has 0 spiro atoms. The maximum atomic E-state index is 13.5. The summed E-state index contributed by atoms with van der Waals surface area (Å²) in [7, 11) is 7.02. The summed E-state index contributed by atoms with van der Waals surface area (Å²) in [6.07, 6.45) is 0.427. The van der Waals surface area contributed by atoms with Crippen molar-refractivity contribution in [1.29, 1.82) is 0 Å². The number of aromatic nitrogens is 1. The van der Waals surface area contributed by atoms with E-state index in [1.54, 1.807) is 49.5 Å². The molecule has 11 heteroatoms. The monoisotopic (exact) mass is 518 g/mol. The van der Waals surface area contributed by atoms with Gasteiger partial charge >= 0.3 is 0 Å². The standard InChI is InChI=1S/C24H26N4O5S.ClH/c1-26(2)11-12-27(24-25-17-13-18(32-3)19(33-4)14-20(17)34-24)23(31)15-5-7-16(8-6-15)28-21(29)9-10-22(28)30;/h5-8,13-14H,9-12H2,1-4H3;1H. The van der Waals surface area contributed by atoms with Crippen LogP contribution in [0.5, 0.6) is 11.5 Å². The second kappa shape index (κ2) is 11.0. The summed E-state index contributed by atoms with van der Waals surface area (Å²) < 4.78 is 11.6. The van der Waals surface area contributed by atoms with Crippen LogP contribution in [0.25, 0.3) is 10.2 Å². The van der Waals surface area contributed by atoms with Gasteiger partial charge in [0.05, 0.1) is 30.1 Å². The molecule has 0 unspecified atom stereocenters. The van der Waals surface area contributed by atoms with E-state index in [2.05, 4.69) is 0 Å². The summed E-state index contributed by atoms with van der Waals surface area (Å²) in [6.45, 7) is 1.08. The molecule has 4 rings (SSSR count). The molecule has 1 fully saturated rings. The summed E-state index contributed by atoms with van der Waals surface area (Å²) in [5.74, 6) is 0.497. The maximum Gasteiger partial charge on any atom is 0.260 e. The average Bonchev–Trinajstić information content (AvgIpc) is 3.39. The van der Waals surface area contributed by atoms with Crippen molar-refractivity contribution in [2.24, 2.45) is 0 Å². The molecular formula is C24H27ClN4O5S. The minimum absolute atomic E-state index is 0. The van der Waals surface area contributed by atoms with Gasteiger partial charge < -0.3 is 14.4 Å². The van der Waals surface area contributed by atoms with Gasteiger partial charge in [0.1, 0.15) is 0 Å². The highest BCUT2D eigenvalue weighted by atomic mass is 35.5. The van der Waals surface area contributed by atoms with Gasteiger partial charge in [-0.1, -0.05) is 11.3 Å². The number of imide groups is 1. The Hall–Kier alpha value is -3.21. The van der Waals surface area contributed by atoms with Crippen LogP contribution in [-0.4, -0.2) is 69.0 Å². The first-order valence-corrected chi connectivity index (χ1v) is 11.6. The highest BCUT2D eigenvalue weighted by Crippen LogP contribution is 2.37. The zero-order valence-electron chi connectivity index (χ0n) is 19.9. The van der Waals surface area contributed by atoms with Crippen LogP contribution in [0, 0.1) is 0 Å². The molecule has 0 bridgehead atoms. The van der Waals surface area contributed by atoms with E-state index in [1.807, 2.05) is 25.1 Å². The molecule has 0 N–H and O–H groups in total. The minimum Gasteiger partial charge on any atom is -0.493 e. The third-order valence-corrected chi connectivity index (χ3v) is 6.59. The molecule has 0 radical (unpaired) electrons. The first-order valence-electron chi connectivity index (χ1n) is 10.8. The summed E-state index contributed by atoms with van der Waals surface area (Å²) in [5.41, 5.74) is 1.63. The topological polar surface area (TPSA) is 92.3 Å². The molecular weight excluding hydrogens is 492 g/mol. The van der Waals surface area contributed by atoms with Crippen LogP contribution in [-0.2, 0) is 9.59 Å². The average molecular weight is 519 g/mol. The van der Waals surface area contributed by atoms with Crippen LogP contribution in [0.4, 0.5) is 10.8 Å². The lowest BCUT2D eigenvalue weighted by Gasteiger charge is -2.22. The molecule has 0 atom stereocenters. The molecule has 3 amide bonds. The van der Waals surface area contributed by atoms with E-state index in [9.17, 15) is 14.4 Å². The van der Waals surface area contributed by atoms with Gasteiger partial charge in [-0.05, 0) is 38.4 Å². The Kier molecular flexibility index (Phi) is 8.31. The number of anilines is 2. The van der Waals surface area contributed by atoms with E-state index in [1.165, 1.54) is 16.2 Å². The number of hydrogen-bond acceptors (Lipinski definition) is 8. The van der Waals surface area contributed by atoms with Crippen LogP contribution < -0.4 is 19.3 Å². The second-order valence-corrected chi connectivity index (χ2v) is 9.11. The van der Waals surface area contributed by atoms with Crippen molar-refractivity contribution in [1.82, 2.24) is 9.88 Å². The summed E-state index contributed by atoms with van der Waals surface area (Å²) in [5, 5.41) is 0.561. The smallest absolute Gasteiger partial charge is 0.260 e. The van der Waals surface area contributed by atoms with Crippen molar-refractivity contribution in [3.63, 3.8) is 0 Å². The van der Waals surface area contributed by atoms with Gasteiger partial charge in [-0.2, -0.15) is 0 Å². The van der Waals surface area contributed by atoms with E-state index in [-0.39, 0.29) is 43.0 Å². The molecule has 2 aromatic carbocycles. The number of thiazole rings is 1. The number of halogens is 1. The van der Waals surface area contributed by atoms with Crippen LogP contribution in [0.1, 0.15) is 23.2 Å². The number of likely N-dealkylation sites (N-methyl/N-ethyl adjacent to an activating group) is 1. The van der Waals surface area contributed by atoms with Crippen LogP contribution in [0.2, 0.25) is 0 Å². The molecule has 1 aromatic heterocycles. The first-order chi connectivity index (χ1) is 16.3. The largest absolute Gasteiger partial charge is 0.493 e. The fourth-order valence-electron chi connectivity index (χ4n) is 3.72. The lowest BCUT2D eigenvalue weighted by Crippen LogP contribution is -2.36. The van der Waals surface area contributed by atoms with Crippen molar-refractivity contribution < 1.29 is 23.9 Å². The molecule has 1 saturated heterocycles. The van der Waals surface area contributed by atoms with Gasteiger partial charge in [0.2, 0.25) is 11.8 Å². The third kappa shape index (κ3) is 5.39. The van der Waals surface area contributed by atoms with E-state index in [4.69, 9.17) is 14.5 Å². The van der Waals surface area contributed by atoms with Crippen molar-refractivity contribution in [3.8, 4) is 11.5 Å². The summed E-state index contributed by atoms with van der Waals surface area (Å²) >= 11 is 1.40. The van der Waals surface area contributed by atoms with Gasteiger partial charge in [-0.15, -0.1) is 12.4 Å².